The number of hydrogen-bond acceptors (Lipinski definition) is 10. The fourth-order valence-corrected chi connectivity index (χ4v) is 1.33. The van der Waals surface area contributed by atoms with Crippen molar-refractivity contribution in [1.82, 2.24) is 0 Å². The number of ether oxygens (including phenoxy) is 1. The molecule has 0 aromatic carbocycles. The van der Waals surface area contributed by atoms with E-state index in [0.29, 0.717) is 0 Å². The van der Waals surface area contributed by atoms with Crippen LogP contribution < -0.4 is 0 Å². The van der Waals surface area contributed by atoms with Crippen LogP contribution in [0, 0.1) is 0 Å². The lowest BCUT2D eigenvalue weighted by Crippen LogP contribution is -2.53. The molecule has 12 heteroatoms. The largest absolute Gasteiger partial charge is 0.479 e. The molecule has 130 valence electrons. The van der Waals surface area contributed by atoms with Gasteiger partial charge < -0.3 is 50.7 Å². The average molecular weight is 330 g/mol. The first kappa shape index (κ1) is 20.6. The molecule has 0 aliphatic carbocycles. The first-order valence-corrected chi connectivity index (χ1v) is 5.84. The van der Waals surface area contributed by atoms with Gasteiger partial charge in [0.15, 0.2) is 18.5 Å². The highest BCUT2D eigenvalue weighted by Crippen LogP contribution is 2.13. The van der Waals surface area contributed by atoms with Crippen molar-refractivity contribution in [3.05, 3.63) is 0 Å². The number of rotatable bonds is 10. The summed E-state index contributed by atoms with van der Waals surface area (Å²) in [5.41, 5.74) is 0. The topological polar surface area (TPSA) is 225 Å². The highest BCUT2D eigenvalue weighted by Gasteiger charge is 2.40. The van der Waals surface area contributed by atoms with Gasteiger partial charge >= 0.3 is 11.9 Å². The van der Waals surface area contributed by atoms with Crippen molar-refractivity contribution >= 4 is 11.9 Å². The van der Waals surface area contributed by atoms with Gasteiger partial charge in [-0.25, -0.2) is 9.59 Å². The lowest BCUT2D eigenvalue weighted by atomic mass is 10.0. The van der Waals surface area contributed by atoms with Crippen molar-refractivity contribution in [2.45, 2.75) is 42.9 Å². The van der Waals surface area contributed by atoms with Crippen LogP contribution in [-0.4, -0.2) is 107 Å². The summed E-state index contributed by atoms with van der Waals surface area (Å²) in [6, 6.07) is 0. The molecule has 0 aliphatic heterocycles. The van der Waals surface area contributed by atoms with E-state index in [1.54, 1.807) is 0 Å². The monoisotopic (exact) mass is 330 g/mol. The molecule has 0 fully saturated rings. The second-order valence-electron chi connectivity index (χ2n) is 4.29. The Balaban J connectivity index is 4.89. The van der Waals surface area contributed by atoms with E-state index in [-0.39, 0.29) is 0 Å². The van der Waals surface area contributed by atoms with Crippen LogP contribution in [0.1, 0.15) is 0 Å². The molecular formula is C10H18O12. The summed E-state index contributed by atoms with van der Waals surface area (Å²) in [5.74, 6) is -3.96. The first-order valence-electron chi connectivity index (χ1n) is 5.84. The third kappa shape index (κ3) is 5.43. The van der Waals surface area contributed by atoms with E-state index >= 15 is 0 Å². The minimum atomic E-state index is -2.58. The van der Waals surface area contributed by atoms with Crippen LogP contribution in [0.25, 0.3) is 0 Å². The highest BCUT2D eigenvalue weighted by molar-refractivity contribution is 5.83. The minimum Gasteiger partial charge on any atom is -0.479 e. The Morgan fingerprint density at radius 3 is 1.68 bits per heavy atom. The van der Waals surface area contributed by atoms with Gasteiger partial charge in [0.1, 0.15) is 24.4 Å². The zero-order chi connectivity index (χ0) is 17.6. The van der Waals surface area contributed by atoms with Crippen LogP contribution in [0.2, 0.25) is 0 Å². The van der Waals surface area contributed by atoms with Crippen molar-refractivity contribution in [1.29, 1.82) is 0 Å². The second-order valence-corrected chi connectivity index (χ2v) is 4.29. The number of carboxylic acid groups (broad SMARTS) is 2. The van der Waals surface area contributed by atoms with Crippen molar-refractivity contribution < 1.29 is 60.3 Å². The van der Waals surface area contributed by atoms with E-state index in [1.165, 1.54) is 0 Å². The Bertz CT molecular complexity index is 373. The van der Waals surface area contributed by atoms with Gasteiger partial charge in [-0.1, -0.05) is 0 Å². The van der Waals surface area contributed by atoms with Crippen LogP contribution in [-0.2, 0) is 14.3 Å². The maximum absolute atomic E-state index is 10.7. The third-order valence-electron chi connectivity index (χ3n) is 2.64. The Morgan fingerprint density at radius 1 is 0.818 bits per heavy atom. The molecule has 12 nitrogen and oxygen atoms in total. The summed E-state index contributed by atoms with van der Waals surface area (Å²) in [4.78, 5) is 21.2. The van der Waals surface area contributed by atoms with Crippen LogP contribution >= 0.6 is 0 Å². The van der Waals surface area contributed by atoms with E-state index in [1.807, 2.05) is 0 Å². The van der Waals surface area contributed by atoms with E-state index in [9.17, 15) is 30.0 Å². The second kappa shape index (κ2) is 8.92. The lowest BCUT2D eigenvalue weighted by molar-refractivity contribution is -0.241. The van der Waals surface area contributed by atoms with Gasteiger partial charge in [-0.3, -0.25) is 0 Å². The fraction of sp³-hybridized carbons (Fsp3) is 0.800. The van der Waals surface area contributed by atoms with Gasteiger partial charge in [0.25, 0.3) is 0 Å². The predicted molar refractivity (Wildman–Crippen MR) is 63.3 cm³/mol. The van der Waals surface area contributed by atoms with Crippen molar-refractivity contribution in [2.75, 3.05) is 6.61 Å². The van der Waals surface area contributed by atoms with Gasteiger partial charge in [0.05, 0.1) is 6.61 Å². The van der Waals surface area contributed by atoms with Crippen LogP contribution in [0.5, 0.6) is 0 Å². The SMILES string of the molecule is O=C(O)C(O)C(OC(O)[C@H](O)[C@@H](O)[C@H](O)[C@H](O)CO)C(=O)O. The maximum Gasteiger partial charge on any atom is 0.336 e. The molecule has 0 heterocycles. The summed E-state index contributed by atoms with van der Waals surface area (Å²) in [7, 11) is 0. The summed E-state index contributed by atoms with van der Waals surface area (Å²) in [6.07, 6.45) is -16.2. The normalized spacial score (nSPS) is 21.2. The number of aliphatic hydroxyl groups excluding tert-OH is 7. The predicted octanol–water partition coefficient (Wildman–Crippen LogP) is -5.34. The van der Waals surface area contributed by atoms with E-state index in [0.717, 1.165) is 0 Å². The summed E-state index contributed by atoms with van der Waals surface area (Å²) in [6.45, 7) is -0.989. The van der Waals surface area contributed by atoms with Gasteiger partial charge in [0, 0.05) is 0 Å². The standard InChI is InChI=1S/C10H18O12/c11-1-2(12)3(13)4(14)5(15)10(21)22-7(9(19)20)6(16)8(17)18/h2-7,10-16,21H,1H2,(H,17,18)(H,19,20)/t2-,3-,4+,5-,6?,7?,10?/m1/s1. The molecule has 0 rings (SSSR count). The maximum atomic E-state index is 10.7. The molecule has 3 unspecified atom stereocenters. The number of aliphatic carboxylic acids is 2. The van der Waals surface area contributed by atoms with Gasteiger partial charge in [0.2, 0.25) is 0 Å². The summed E-state index contributed by atoms with van der Waals surface area (Å²) >= 11 is 0. The van der Waals surface area contributed by atoms with Gasteiger partial charge in [-0.15, -0.1) is 0 Å². The van der Waals surface area contributed by atoms with Crippen LogP contribution in [0.15, 0.2) is 0 Å². The Kier molecular flexibility index (Phi) is 8.36. The molecule has 0 amide bonds. The third-order valence-corrected chi connectivity index (χ3v) is 2.64. The molecule has 0 spiro atoms. The van der Waals surface area contributed by atoms with E-state index in [4.69, 9.17) is 25.5 Å². The molecule has 0 aromatic rings. The first-order chi connectivity index (χ1) is 10.0. The van der Waals surface area contributed by atoms with Crippen LogP contribution in [0.3, 0.4) is 0 Å². The van der Waals surface area contributed by atoms with Crippen molar-refractivity contribution in [3.8, 4) is 0 Å². The molecule has 7 atom stereocenters. The molecule has 22 heavy (non-hydrogen) atoms. The Hall–Kier alpha value is -1.38. The van der Waals surface area contributed by atoms with E-state index < -0.39 is 61.5 Å². The smallest absolute Gasteiger partial charge is 0.336 e. The van der Waals surface area contributed by atoms with Crippen LogP contribution in [0.4, 0.5) is 0 Å². The lowest BCUT2D eigenvalue weighted by Gasteiger charge is -2.29. The molecule has 0 bridgehead atoms. The zero-order valence-corrected chi connectivity index (χ0v) is 11.0. The summed E-state index contributed by atoms with van der Waals surface area (Å²) in [5, 5.41) is 81.4. The number of aliphatic hydroxyl groups is 7. The zero-order valence-electron chi connectivity index (χ0n) is 11.0. The highest BCUT2D eigenvalue weighted by atomic mass is 16.6. The fourth-order valence-electron chi connectivity index (χ4n) is 1.33. The molecule has 9 N–H and O–H groups in total. The number of hydrogen-bond donors (Lipinski definition) is 9. The quantitative estimate of drug-likeness (QED) is 0.171. The number of carbonyl (C=O) groups is 2. The minimum absolute atomic E-state index is 0.989. The van der Waals surface area contributed by atoms with E-state index in [2.05, 4.69) is 4.74 Å². The molecular weight excluding hydrogens is 312 g/mol. The van der Waals surface area contributed by atoms with Crippen molar-refractivity contribution in [2.24, 2.45) is 0 Å². The van der Waals surface area contributed by atoms with Gasteiger partial charge in [-0.2, -0.15) is 0 Å². The molecule has 0 saturated carbocycles. The summed E-state index contributed by atoms with van der Waals surface area (Å²) < 4.78 is 4.24. The Morgan fingerprint density at radius 2 is 1.32 bits per heavy atom. The number of carboxylic acids is 2. The molecule has 0 aliphatic rings. The molecule has 0 radical (unpaired) electrons. The average Bonchev–Trinajstić information content (AvgIpc) is 2.47. The molecule has 0 aromatic heterocycles. The molecule has 0 saturated heterocycles. The Labute approximate surface area is 123 Å². The van der Waals surface area contributed by atoms with Crippen molar-refractivity contribution in [3.63, 3.8) is 0 Å². The van der Waals surface area contributed by atoms with Gasteiger partial charge in [-0.05, 0) is 0 Å².